The van der Waals surface area contributed by atoms with Crippen molar-refractivity contribution >= 4 is 5.96 Å². The first kappa shape index (κ1) is 8.30. The zero-order valence-corrected chi connectivity index (χ0v) is 7.28. The molecule has 2 rings (SSSR count). The molecule has 0 radical (unpaired) electrons. The van der Waals surface area contributed by atoms with E-state index in [1.807, 2.05) is 0 Å². The van der Waals surface area contributed by atoms with E-state index < -0.39 is 0 Å². The summed E-state index contributed by atoms with van der Waals surface area (Å²) in [6.45, 7) is 0. The lowest BCUT2D eigenvalue weighted by Gasteiger charge is -2.20. The highest BCUT2D eigenvalue weighted by Gasteiger charge is 2.10. The van der Waals surface area contributed by atoms with Crippen molar-refractivity contribution in [1.82, 2.24) is 19.8 Å². The molecule has 0 fully saturated rings. The first-order chi connectivity index (χ1) is 6.79. The Hall–Kier alpha value is -2.31. The molecule has 0 atom stereocenters. The first-order valence-electron chi connectivity index (χ1n) is 3.93. The fourth-order valence-electron chi connectivity index (χ4n) is 1.06. The van der Waals surface area contributed by atoms with Gasteiger partial charge in [0.1, 0.15) is 0 Å². The molecule has 0 aromatic carbocycles. The van der Waals surface area contributed by atoms with Crippen LogP contribution in [0, 0.1) is 5.41 Å². The van der Waals surface area contributed by atoms with Crippen LogP contribution in [0.2, 0.25) is 0 Å². The average molecular weight is 191 g/mol. The molecule has 0 saturated carbocycles. The van der Waals surface area contributed by atoms with Crippen LogP contribution in [0.25, 0.3) is 0 Å². The number of guanidine groups is 1. The normalized spacial score (nSPS) is 10.0. The average Bonchev–Trinajstić information content (AvgIpc) is 2.75. The maximum absolute atomic E-state index is 7.39. The number of rotatable bonds is 2. The molecule has 0 aliphatic heterocycles. The summed E-state index contributed by atoms with van der Waals surface area (Å²) in [5.41, 5.74) is 5.41. The van der Waals surface area contributed by atoms with Crippen molar-refractivity contribution in [2.24, 2.45) is 5.73 Å². The van der Waals surface area contributed by atoms with Gasteiger partial charge in [-0.2, -0.15) is 19.8 Å². The molecule has 72 valence electrons. The molecule has 0 aliphatic carbocycles. The number of hydrogen-bond acceptors (Lipinski definition) is 3. The molecular weight excluding hydrogens is 182 g/mol. The molecule has 3 N–H and O–H groups in total. The standard InChI is InChI=1S/C7H9N7/c8-7(9)14(12-5-1-3-10-12)13-6-2-4-11-13/h1-6H,(H3,8,9). The Morgan fingerprint density at radius 1 is 1.14 bits per heavy atom. The summed E-state index contributed by atoms with van der Waals surface area (Å²) < 4.78 is 0. The molecule has 0 amide bonds. The van der Waals surface area contributed by atoms with E-state index >= 15 is 0 Å². The highest BCUT2D eigenvalue weighted by molar-refractivity contribution is 5.83. The summed E-state index contributed by atoms with van der Waals surface area (Å²) >= 11 is 0. The summed E-state index contributed by atoms with van der Waals surface area (Å²) in [6, 6.07) is 3.47. The van der Waals surface area contributed by atoms with E-state index in [2.05, 4.69) is 10.2 Å². The smallest absolute Gasteiger partial charge is 0.232 e. The van der Waals surface area contributed by atoms with Crippen molar-refractivity contribution in [1.29, 1.82) is 5.41 Å². The molecule has 7 heteroatoms. The minimum Gasteiger partial charge on any atom is -0.367 e. The van der Waals surface area contributed by atoms with Gasteiger partial charge < -0.3 is 5.73 Å². The fourth-order valence-corrected chi connectivity index (χ4v) is 1.06. The van der Waals surface area contributed by atoms with Crippen LogP contribution in [-0.4, -0.2) is 25.7 Å². The highest BCUT2D eigenvalue weighted by Crippen LogP contribution is 1.92. The minimum absolute atomic E-state index is 0.169. The molecule has 0 spiro atoms. The third kappa shape index (κ3) is 1.30. The molecule has 2 aromatic rings. The summed E-state index contributed by atoms with van der Waals surface area (Å²) in [5, 5.41) is 16.6. The van der Waals surface area contributed by atoms with Crippen molar-refractivity contribution in [2.45, 2.75) is 0 Å². The van der Waals surface area contributed by atoms with Crippen molar-refractivity contribution in [3.63, 3.8) is 0 Å². The lowest BCUT2D eigenvalue weighted by atomic mass is 10.8. The number of nitrogens with two attached hydrogens (primary N) is 1. The molecule has 2 aromatic heterocycles. The van der Waals surface area contributed by atoms with Crippen LogP contribution in [0.3, 0.4) is 0 Å². The number of hydrogen-bond donors (Lipinski definition) is 2. The van der Waals surface area contributed by atoms with E-state index in [0.29, 0.717) is 0 Å². The van der Waals surface area contributed by atoms with Crippen LogP contribution >= 0.6 is 0 Å². The zero-order valence-electron chi connectivity index (χ0n) is 7.28. The topological polar surface area (TPSA) is 88.8 Å². The van der Waals surface area contributed by atoms with Crippen molar-refractivity contribution in [3.8, 4) is 0 Å². The predicted molar refractivity (Wildman–Crippen MR) is 50.0 cm³/mol. The monoisotopic (exact) mass is 191 g/mol. The molecule has 14 heavy (non-hydrogen) atoms. The van der Waals surface area contributed by atoms with Crippen molar-refractivity contribution in [2.75, 3.05) is 5.12 Å². The van der Waals surface area contributed by atoms with Crippen LogP contribution in [-0.2, 0) is 0 Å². The van der Waals surface area contributed by atoms with Gasteiger partial charge in [-0.1, -0.05) is 0 Å². The Morgan fingerprint density at radius 3 is 1.93 bits per heavy atom. The fraction of sp³-hybridized carbons (Fsp3) is 0. The summed E-state index contributed by atoms with van der Waals surface area (Å²) in [6.07, 6.45) is 6.53. The summed E-state index contributed by atoms with van der Waals surface area (Å²) in [7, 11) is 0. The van der Waals surface area contributed by atoms with Gasteiger partial charge in [0.2, 0.25) is 5.96 Å². The molecule has 0 unspecified atom stereocenters. The van der Waals surface area contributed by atoms with Gasteiger partial charge in [-0.15, -0.1) is 5.12 Å². The SMILES string of the molecule is N=C(N)N(n1cccn1)n1cccn1. The lowest BCUT2D eigenvalue weighted by Crippen LogP contribution is -2.48. The molecular formula is C7H9N7. The molecule has 0 aliphatic rings. The zero-order chi connectivity index (χ0) is 9.97. The van der Waals surface area contributed by atoms with Gasteiger partial charge >= 0.3 is 0 Å². The summed E-state index contributed by atoms with van der Waals surface area (Å²) in [5.74, 6) is -0.169. The van der Waals surface area contributed by atoms with E-state index in [0.717, 1.165) is 0 Å². The Morgan fingerprint density at radius 2 is 1.64 bits per heavy atom. The van der Waals surface area contributed by atoms with E-state index in [4.69, 9.17) is 11.1 Å². The molecule has 0 bridgehead atoms. The number of nitrogens with one attached hydrogen (secondary N) is 1. The maximum atomic E-state index is 7.39. The van der Waals surface area contributed by atoms with Gasteiger partial charge in [0, 0.05) is 0 Å². The van der Waals surface area contributed by atoms with Crippen molar-refractivity contribution < 1.29 is 0 Å². The van der Waals surface area contributed by atoms with Gasteiger partial charge in [0.25, 0.3) is 0 Å². The van der Waals surface area contributed by atoms with Gasteiger partial charge in [-0.3, -0.25) is 5.41 Å². The van der Waals surface area contributed by atoms with Gasteiger partial charge in [-0.25, -0.2) is 0 Å². The quantitative estimate of drug-likeness (QED) is 0.488. The van der Waals surface area contributed by atoms with Crippen LogP contribution in [0.15, 0.2) is 36.9 Å². The van der Waals surface area contributed by atoms with Crippen LogP contribution in [0.4, 0.5) is 0 Å². The van der Waals surface area contributed by atoms with E-state index in [9.17, 15) is 0 Å². The van der Waals surface area contributed by atoms with E-state index in [1.165, 1.54) is 14.7 Å². The molecule has 0 saturated heterocycles. The minimum atomic E-state index is -0.169. The predicted octanol–water partition coefficient (Wildman–Crippen LogP) is -0.626. The molecule has 2 heterocycles. The third-order valence-electron chi connectivity index (χ3n) is 1.58. The lowest BCUT2D eigenvalue weighted by molar-refractivity contribution is 0.515. The van der Waals surface area contributed by atoms with Crippen LogP contribution in [0.1, 0.15) is 0 Å². The van der Waals surface area contributed by atoms with Crippen molar-refractivity contribution in [3.05, 3.63) is 36.9 Å². The Labute approximate surface area is 79.8 Å². The Bertz CT molecular complexity index is 367. The second kappa shape index (κ2) is 3.21. The second-order valence-corrected chi connectivity index (χ2v) is 2.53. The second-order valence-electron chi connectivity index (χ2n) is 2.53. The Kier molecular flexibility index (Phi) is 1.90. The van der Waals surface area contributed by atoms with E-state index in [-0.39, 0.29) is 5.96 Å². The van der Waals surface area contributed by atoms with Gasteiger partial charge in [0.05, 0.1) is 24.8 Å². The first-order valence-corrected chi connectivity index (χ1v) is 3.93. The maximum Gasteiger partial charge on any atom is 0.232 e. The third-order valence-corrected chi connectivity index (χ3v) is 1.58. The highest BCUT2D eigenvalue weighted by atomic mass is 15.9. The number of nitrogens with zero attached hydrogens (tertiary/aromatic N) is 5. The summed E-state index contributed by atoms with van der Waals surface area (Å²) in [4.78, 5) is 2.82. The molecule has 7 nitrogen and oxygen atoms in total. The van der Waals surface area contributed by atoms with Gasteiger partial charge in [0.15, 0.2) is 0 Å². The van der Waals surface area contributed by atoms with Crippen LogP contribution in [0.5, 0.6) is 0 Å². The largest absolute Gasteiger partial charge is 0.367 e. The van der Waals surface area contributed by atoms with Crippen LogP contribution < -0.4 is 10.9 Å². The Balaban J connectivity index is 2.40. The van der Waals surface area contributed by atoms with E-state index in [1.54, 1.807) is 36.9 Å². The van der Waals surface area contributed by atoms with Gasteiger partial charge in [-0.05, 0) is 12.1 Å². The number of aromatic nitrogens is 4.